The molecule has 0 fully saturated rings. The Labute approximate surface area is 58.9 Å². The number of nitriles is 1. The van der Waals surface area contributed by atoms with Crippen molar-refractivity contribution in [1.29, 1.82) is 5.26 Å². The molecule has 52 valence electrons. The van der Waals surface area contributed by atoms with Gasteiger partial charge in [0.05, 0.1) is 0 Å². The number of hydrogen-bond acceptors (Lipinski definition) is 3. The summed E-state index contributed by atoms with van der Waals surface area (Å²) < 4.78 is 4.98. The van der Waals surface area contributed by atoms with Gasteiger partial charge in [-0.15, -0.1) is 0 Å². The molecule has 0 aromatic rings. The van der Waals surface area contributed by atoms with Crippen LogP contribution in [0.1, 0.15) is 13.8 Å². The van der Waals surface area contributed by atoms with Crippen LogP contribution in [0.3, 0.4) is 0 Å². The number of carbonyl (C=O) groups is 1. The summed E-state index contributed by atoms with van der Waals surface area (Å²) in [5, 5.41) is 8.42. The third kappa shape index (κ3) is 0.781. The summed E-state index contributed by atoms with van der Waals surface area (Å²) in [6.07, 6.45) is -0.463. The Kier molecular flexibility index (Phi) is 1.46. The molecule has 0 bridgehead atoms. The fourth-order valence-corrected chi connectivity index (χ4v) is 0.888. The van der Waals surface area contributed by atoms with Gasteiger partial charge in [0, 0.05) is 0 Å². The number of allylic oxidation sites excluding steroid dienone is 1. The van der Waals surface area contributed by atoms with Crippen molar-refractivity contribution in [2.45, 2.75) is 20.0 Å². The minimum absolute atomic E-state index is 0.160. The average molecular weight is 137 g/mol. The number of Topliss-reactive ketones (excluding diaryl/α,β-unsaturated/α-hetero) is 1. The van der Waals surface area contributed by atoms with Gasteiger partial charge in [0.1, 0.15) is 17.4 Å². The van der Waals surface area contributed by atoms with Crippen molar-refractivity contribution in [3.8, 4) is 6.07 Å². The zero-order valence-electron chi connectivity index (χ0n) is 5.84. The van der Waals surface area contributed by atoms with Crippen molar-refractivity contribution in [1.82, 2.24) is 0 Å². The molecule has 1 heterocycles. The summed E-state index contributed by atoms with van der Waals surface area (Å²) in [4.78, 5) is 10.9. The third-order valence-electron chi connectivity index (χ3n) is 1.43. The molecule has 0 aliphatic carbocycles. The van der Waals surface area contributed by atoms with Gasteiger partial charge in [-0.25, -0.2) is 0 Å². The van der Waals surface area contributed by atoms with E-state index in [2.05, 4.69) is 0 Å². The van der Waals surface area contributed by atoms with Gasteiger partial charge in [-0.05, 0) is 13.8 Å². The smallest absolute Gasteiger partial charge is 0.216 e. The molecule has 0 spiro atoms. The maximum Gasteiger partial charge on any atom is 0.216 e. The predicted octanol–water partition coefficient (Wildman–Crippen LogP) is 0.772. The molecule has 10 heavy (non-hydrogen) atoms. The molecular formula is C7H7NO2. The molecule has 1 aliphatic rings. The maximum absolute atomic E-state index is 10.9. The van der Waals surface area contributed by atoms with Crippen LogP contribution in [-0.2, 0) is 9.53 Å². The van der Waals surface area contributed by atoms with Crippen molar-refractivity contribution in [3.63, 3.8) is 0 Å². The van der Waals surface area contributed by atoms with Crippen LogP contribution in [0.25, 0.3) is 0 Å². The molecule has 0 radical (unpaired) electrons. The highest BCUT2D eigenvalue weighted by Crippen LogP contribution is 2.19. The van der Waals surface area contributed by atoms with E-state index in [1.165, 1.54) is 0 Å². The summed E-state index contributed by atoms with van der Waals surface area (Å²) in [7, 11) is 0. The molecule has 0 amide bonds. The molecule has 1 rings (SSSR count). The van der Waals surface area contributed by atoms with E-state index in [0.717, 1.165) is 0 Å². The van der Waals surface area contributed by atoms with E-state index in [1.807, 2.05) is 0 Å². The molecule has 1 atom stereocenters. The van der Waals surface area contributed by atoms with Gasteiger partial charge in [0.2, 0.25) is 5.78 Å². The molecule has 0 aromatic heterocycles. The quantitative estimate of drug-likeness (QED) is 0.495. The second-order valence-corrected chi connectivity index (χ2v) is 2.17. The molecule has 3 nitrogen and oxygen atoms in total. The van der Waals surface area contributed by atoms with E-state index in [-0.39, 0.29) is 11.4 Å². The number of nitrogens with zero attached hydrogens (tertiary/aromatic N) is 1. The molecule has 0 N–H and O–H groups in total. The van der Waals surface area contributed by atoms with Crippen molar-refractivity contribution in [2.75, 3.05) is 0 Å². The predicted molar refractivity (Wildman–Crippen MR) is 33.9 cm³/mol. The van der Waals surface area contributed by atoms with Gasteiger partial charge in [-0.1, -0.05) is 0 Å². The van der Waals surface area contributed by atoms with Crippen LogP contribution >= 0.6 is 0 Å². The number of hydrogen-bond donors (Lipinski definition) is 0. The summed E-state index contributed by atoms with van der Waals surface area (Å²) in [6, 6.07) is 1.80. The topological polar surface area (TPSA) is 50.1 Å². The van der Waals surface area contributed by atoms with Gasteiger partial charge in [-0.3, -0.25) is 4.79 Å². The van der Waals surface area contributed by atoms with E-state index in [4.69, 9.17) is 10.00 Å². The first kappa shape index (κ1) is 6.81. The van der Waals surface area contributed by atoms with Crippen molar-refractivity contribution < 1.29 is 9.53 Å². The normalized spacial score (nSPS) is 24.5. The lowest BCUT2D eigenvalue weighted by Crippen LogP contribution is -2.12. The van der Waals surface area contributed by atoms with E-state index in [0.29, 0.717) is 5.76 Å². The number of ether oxygens (including phenoxy) is 1. The SMILES string of the molecule is CC1=C(C#N)C(=O)C(C)O1. The van der Waals surface area contributed by atoms with E-state index in [9.17, 15) is 4.79 Å². The molecule has 0 saturated heterocycles. The zero-order chi connectivity index (χ0) is 7.72. The highest BCUT2D eigenvalue weighted by atomic mass is 16.5. The minimum atomic E-state index is -0.463. The Bertz CT molecular complexity index is 247. The second kappa shape index (κ2) is 2.14. The molecular weight excluding hydrogens is 130 g/mol. The lowest BCUT2D eigenvalue weighted by atomic mass is 10.1. The standard InChI is InChI=1S/C7H7NO2/c1-4-6(3-8)7(9)5(2)10-4/h5H,1-2H3. The van der Waals surface area contributed by atoms with Gasteiger partial charge in [0.15, 0.2) is 6.10 Å². The van der Waals surface area contributed by atoms with E-state index in [1.54, 1.807) is 19.9 Å². The summed E-state index contributed by atoms with van der Waals surface area (Å²) in [5.41, 5.74) is 0.160. The van der Waals surface area contributed by atoms with Gasteiger partial charge < -0.3 is 4.74 Å². The van der Waals surface area contributed by atoms with Crippen LogP contribution in [0.5, 0.6) is 0 Å². The Morgan fingerprint density at radius 1 is 1.70 bits per heavy atom. The monoisotopic (exact) mass is 137 g/mol. The van der Waals surface area contributed by atoms with E-state index >= 15 is 0 Å². The van der Waals surface area contributed by atoms with Crippen molar-refractivity contribution in [2.24, 2.45) is 0 Å². The number of rotatable bonds is 0. The summed E-state index contributed by atoms with van der Waals surface area (Å²) >= 11 is 0. The average Bonchev–Trinajstić information content (AvgIpc) is 2.09. The molecule has 3 heteroatoms. The van der Waals surface area contributed by atoms with Crippen LogP contribution in [0.2, 0.25) is 0 Å². The lowest BCUT2D eigenvalue weighted by Gasteiger charge is -1.99. The lowest BCUT2D eigenvalue weighted by molar-refractivity contribution is -0.120. The number of ketones is 1. The Hall–Kier alpha value is -1.30. The largest absolute Gasteiger partial charge is 0.486 e. The minimum Gasteiger partial charge on any atom is -0.486 e. The van der Waals surface area contributed by atoms with E-state index < -0.39 is 6.10 Å². The van der Waals surface area contributed by atoms with Crippen LogP contribution < -0.4 is 0 Å². The van der Waals surface area contributed by atoms with Gasteiger partial charge in [0.25, 0.3) is 0 Å². The van der Waals surface area contributed by atoms with Crippen molar-refractivity contribution in [3.05, 3.63) is 11.3 Å². The van der Waals surface area contributed by atoms with Crippen LogP contribution in [-0.4, -0.2) is 11.9 Å². The van der Waals surface area contributed by atoms with Gasteiger partial charge in [-0.2, -0.15) is 5.26 Å². The molecule has 0 aromatic carbocycles. The molecule has 0 saturated carbocycles. The number of carbonyl (C=O) groups excluding carboxylic acids is 1. The Morgan fingerprint density at radius 3 is 2.50 bits per heavy atom. The fourth-order valence-electron chi connectivity index (χ4n) is 0.888. The second-order valence-electron chi connectivity index (χ2n) is 2.17. The summed E-state index contributed by atoms with van der Waals surface area (Å²) in [6.45, 7) is 3.26. The zero-order valence-corrected chi connectivity index (χ0v) is 5.84. The summed E-state index contributed by atoms with van der Waals surface area (Å²) in [5.74, 6) is 0.236. The highest BCUT2D eigenvalue weighted by molar-refractivity contribution is 6.04. The highest BCUT2D eigenvalue weighted by Gasteiger charge is 2.28. The van der Waals surface area contributed by atoms with Crippen LogP contribution in [0, 0.1) is 11.3 Å². The van der Waals surface area contributed by atoms with Crippen molar-refractivity contribution >= 4 is 5.78 Å². The first-order chi connectivity index (χ1) is 4.66. The van der Waals surface area contributed by atoms with Crippen LogP contribution in [0.15, 0.2) is 11.3 Å². The Morgan fingerprint density at radius 2 is 2.30 bits per heavy atom. The van der Waals surface area contributed by atoms with Gasteiger partial charge >= 0.3 is 0 Å². The molecule has 1 aliphatic heterocycles. The fraction of sp³-hybridized carbons (Fsp3) is 0.429. The maximum atomic E-state index is 10.9. The molecule has 1 unspecified atom stereocenters. The Balaban J connectivity index is 2.99. The van der Waals surface area contributed by atoms with Crippen LogP contribution in [0.4, 0.5) is 0 Å². The third-order valence-corrected chi connectivity index (χ3v) is 1.43. The first-order valence-electron chi connectivity index (χ1n) is 2.98. The first-order valence-corrected chi connectivity index (χ1v) is 2.98.